The van der Waals surface area contributed by atoms with E-state index in [0.29, 0.717) is 38.5 Å². The maximum Gasteiger partial charge on any atom is 0.263 e. The first-order valence-electron chi connectivity index (χ1n) is 10.8. The van der Waals surface area contributed by atoms with Gasteiger partial charge >= 0.3 is 0 Å². The Morgan fingerprint density at radius 1 is 0.938 bits per heavy atom. The molecule has 0 radical (unpaired) electrons. The van der Waals surface area contributed by atoms with Gasteiger partial charge in [-0.25, -0.2) is 0 Å². The zero-order chi connectivity index (χ0) is 22.3. The Bertz CT molecular complexity index is 1000. The van der Waals surface area contributed by atoms with Gasteiger partial charge in [-0.05, 0) is 62.4 Å². The van der Waals surface area contributed by atoms with Crippen molar-refractivity contribution in [1.82, 2.24) is 20.1 Å². The van der Waals surface area contributed by atoms with Crippen LogP contribution >= 0.6 is 0 Å². The molecule has 4 rings (SSSR count). The minimum absolute atomic E-state index is 0.0184. The number of piperazine rings is 1. The molecule has 8 nitrogen and oxygen atoms in total. The van der Waals surface area contributed by atoms with Gasteiger partial charge in [-0.1, -0.05) is 6.07 Å². The van der Waals surface area contributed by atoms with Crippen LogP contribution in [0.3, 0.4) is 0 Å². The second kappa shape index (κ2) is 10.1. The molecule has 166 valence electrons. The number of benzene rings is 1. The molecule has 0 aliphatic carbocycles. The van der Waals surface area contributed by atoms with Crippen LogP contribution < -0.4 is 14.4 Å². The van der Waals surface area contributed by atoms with Gasteiger partial charge in [-0.3, -0.25) is 9.78 Å². The number of nitrogens with zero attached hydrogens (tertiary/aromatic N) is 5. The van der Waals surface area contributed by atoms with E-state index in [-0.39, 0.29) is 5.91 Å². The van der Waals surface area contributed by atoms with Crippen LogP contribution in [0.15, 0.2) is 60.8 Å². The summed E-state index contributed by atoms with van der Waals surface area (Å²) < 4.78 is 11.3. The molecule has 1 fully saturated rings. The summed E-state index contributed by atoms with van der Waals surface area (Å²) in [5.74, 6) is 2.22. The van der Waals surface area contributed by atoms with Crippen LogP contribution in [0.2, 0.25) is 0 Å². The second-order valence-electron chi connectivity index (χ2n) is 7.47. The molecule has 1 aliphatic heterocycles. The van der Waals surface area contributed by atoms with Gasteiger partial charge in [0.2, 0.25) is 0 Å². The number of anilines is 1. The van der Waals surface area contributed by atoms with Crippen LogP contribution in [0, 0.1) is 0 Å². The summed E-state index contributed by atoms with van der Waals surface area (Å²) in [6.07, 6.45) is 1.18. The molecule has 2 aromatic heterocycles. The Balaban J connectivity index is 1.29. The number of aromatic nitrogens is 3. The monoisotopic (exact) mass is 433 g/mol. The summed E-state index contributed by atoms with van der Waals surface area (Å²) in [7, 11) is 0. The number of carbonyl (C=O) groups excluding carboxylic acids is 1. The summed E-state index contributed by atoms with van der Waals surface area (Å²) in [4.78, 5) is 21.1. The highest BCUT2D eigenvalue weighted by Crippen LogP contribution is 2.20. The van der Waals surface area contributed by atoms with Gasteiger partial charge < -0.3 is 19.3 Å². The molecule has 8 heteroatoms. The Morgan fingerprint density at radius 2 is 1.69 bits per heavy atom. The largest absolute Gasteiger partial charge is 0.494 e. The summed E-state index contributed by atoms with van der Waals surface area (Å²) in [5, 5.41) is 8.66. The van der Waals surface area contributed by atoms with Crippen molar-refractivity contribution in [2.45, 2.75) is 20.0 Å². The number of carbonyl (C=O) groups is 1. The number of hydrogen-bond acceptors (Lipinski definition) is 7. The van der Waals surface area contributed by atoms with Crippen molar-refractivity contribution in [3.63, 3.8) is 0 Å². The lowest BCUT2D eigenvalue weighted by Gasteiger charge is -2.36. The number of pyridine rings is 1. The molecule has 1 saturated heterocycles. The van der Waals surface area contributed by atoms with E-state index in [2.05, 4.69) is 20.1 Å². The van der Waals surface area contributed by atoms with E-state index >= 15 is 0 Å². The molecule has 1 unspecified atom stereocenters. The zero-order valence-corrected chi connectivity index (χ0v) is 18.3. The van der Waals surface area contributed by atoms with E-state index in [1.807, 2.05) is 66.4 Å². The van der Waals surface area contributed by atoms with Gasteiger partial charge in [0.25, 0.3) is 5.91 Å². The Kier molecular flexibility index (Phi) is 6.79. The maximum atomic E-state index is 12.8. The van der Waals surface area contributed by atoms with Gasteiger partial charge in [-0.15, -0.1) is 10.2 Å². The summed E-state index contributed by atoms with van der Waals surface area (Å²) in [6.45, 7) is 6.94. The van der Waals surface area contributed by atoms with E-state index in [0.717, 1.165) is 23.0 Å². The lowest BCUT2D eigenvalue weighted by atomic mass is 10.2. The topological polar surface area (TPSA) is 80.7 Å². The number of amides is 1. The Morgan fingerprint density at radius 3 is 2.31 bits per heavy atom. The van der Waals surface area contributed by atoms with Crippen LogP contribution in [-0.2, 0) is 4.79 Å². The van der Waals surface area contributed by atoms with E-state index in [4.69, 9.17) is 9.47 Å². The number of rotatable bonds is 7. The van der Waals surface area contributed by atoms with Gasteiger partial charge in [0.05, 0.1) is 12.3 Å². The van der Waals surface area contributed by atoms with Crippen molar-refractivity contribution in [2.75, 3.05) is 37.7 Å². The zero-order valence-electron chi connectivity index (χ0n) is 18.3. The standard InChI is InChI=1S/C24H27N5O3/c1-3-31-19-7-9-20(10-8-19)32-18(2)24(30)29-16-14-28(15-17-29)23-12-11-22(26-27-23)21-6-4-5-13-25-21/h4-13,18H,3,14-17H2,1-2H3. The fourth-order valence-electron chi connectivity index (χ4n) is 3.59. The molecule has 0 N–H and O–H groups in total. The van der Waals surface area contributed by atoms with Crippen LogP contribution in [0.4, 0.5) is 5.82 Å². The molecule has 3 aromatic rings. The van der Waals surface area contributed by atoms with Crippen LogP contribution in [-0.4, -0.2) is 64.9 Å². The number of hydrogen-bond donors (Lipinski definition) is 0. The molecule has 1 aromatic carbocycles. The smallest absolute Gasteiger partial charge is 0.263 e. The van der Waals surface area contributed by atoms with Gasteiger partial charge in [-0.2, -0.15) is 0 Å². The third-order valence-corrected chi connectivity index (χ3v) is 5.29. The second-order valence-corrected chi connectivity index (χ2v) is 7.47. The highest BCUT2D eigenvalue weighted by Gasteiger charge is 2.26. The molecule has 0 saturated carbocycles. The Labute approximate surface area is 187 Å². The van der Waals surface area contributed by atoms with E-state index in [1.165, 1.54) is 0 Å². The van der Waals surface area contributed by atoms with Gasteiger partial charge in [0, 0.05) is 32.4 Å². The predicted molar refractivity (Wildman–Crippen MR) is 122 cm³/mol. The lowest BCUT2D eigenvalue weighted by molar-refractivity contribution is -0.138. The van der Waals surface area contributed by atoms with E-state index in [9.17, 15) is 4.79 Å². The van der Waals surface area contributed by atoms with Gasteiger partial charge in [0.1, 0.15) is 17.2 Å². The number of ether oxygens (including phenoxy) is 2. The fourth-order valence-corrected chi connectivity index (χ4v) is 3.59. The molecule has 0 bridgehead atoms. The van der Waals surface area contributed by atoms with Crippen LogP contribution in [0.5, 0.6) is 11.5 Å². The average Bonchev–Trinajstić information content (AvgIpc) is 2.86. The maximum absolute atomic E-state index is 12.8. The van der Waals surface area contributed by atoms with Crippen LogP contribution in [0.25, 0.3) is 11.4 Å². The molecular weight excluding hydrogens is 406 g/mol. The minimum atomic E-state index is -0.558. The lowest BCUT2D eigenvalue weighted by Crippen LogP contribution is -2.52. The molecule has 32 heavy (non-hydrogen) atoms. The first-order valence-corrected chi connectivity index (χ1v) is 10.8. The molecule has 3 heterocycles. The molecule has 1 atom stereocenters. The van der Waals surface area contributed by atoms with E-state index < -0.39 is 6.10 Å². The summed E-state index contributed by atoms with van der Waals surface area (Å²) in [6, 6.07) is 16.9. The third kappa shape index (κ3) is 5.14. The van der Waals surface area contributed by atoms with Crippen LogP contribution in [0.1, 0.15) is 13.8 Å². The fraction of sp³-hybridized carbons (Fsp3) is 0.333. The van der Waals surface area contributed by atoms with Gasteiger partial charge in [0.15, 0.2) is 11.9 Å². The van der Waals surface area contributed by atoms with E-state index in [1.54, 1.807) is 13.1 Å². The first-order chi connectivity index (χ1) is 15.6. The molecular formula is C24H27N5O3. The highest BCUT2D eigenvalue weighted by atomic mass is 16.5. The van der Waals surface area contributed by atoms with Crippen molar-refractivity contribution in [3.8, 4) is 22.9 Å². The normalized spacial score (nSPS) is 14.7. The summed E-state index contributed by atoms with van der Waals surface area (Å²) in [5.41, 5.74) is 1.53. The van der Waals surface area contributed by atoms with Crippen molar-refractivity contribution in [2.24, 2.45) is 0 Å². The van der Waals surface area contributed by atoms with Crippen molar-refractivity contribution in [3.05, 3.63) is 60.8 Å². The average molecular weight is 434 g/mol. The highest BCUT2D eigenvalue weighted by molar-refractivity contribution is 5.81. The van der Waals surface area contributed by atoms with Crippen molar-refractivity contribution < 1.29 is 14.3 Å². The Hall–Kier alpha value is -3.68. The van der Waals surface area contributed by atoms with Crippen molar-refractivity contribution in [1.29, 1.82) is 0 Å². The predicted octanol–water partition coefficient (Wildman–Crippen LogP) is 3.05. The minimum Gasteiger partial charge on any atom is -0.494 e. The van der Waals surface area contributed by atoms with Crippen molar-refractivity contribution >= 4 is 11.7 Å². The molecule has 0 spiro atoms. The quantitative estimate of drug-likeness (QED) is 0.566. The molecule has 1 aliphatic rings. The third-order valence-electron chi connectivity index (χ3n) is 5.29. The molecule has 1 amide bonds. The first kappa shape index (κ1) is 21.5. The SMILES string of the molecule is CCOc1ccc(OC(C)C(=O)N2CCN(c3ccc(-c4ccccn4)nn3)CC2)cc1. The summed E-state index contributed by atoms with van der Waals surface area (Å²) >= 11 is 0.